The highest BCUT2D eigenvalue weighted by atomic mass is 127. The summed E-state index contributed by atoms with van der Waals surface area (Å²) < 4.78 is 1.02. The van der Waals surface area contributed by atoms with Gasteiger partial charge in [0.1, 0.15) is 19.7 Å². The second-order valence-corrected chi connectivity index (χ2v) is 9.48. The molecular weight excluding hydrogens is 485 g/mol. The number of quaternary nitrogens is 1. The van der Waals surface area contributed by atoms with Gasteiger partial charge in [-0.1, -0.05) is 6.92 Å². The molecule has 1 aromatic carbocycles. The molecule has 3 rings (SSSR count). The normalized spacial score (nSPS) is 27.4. The number of carboxylic acid groups (broad SMARTS) is 1. The zero-order valence-corrected chi connectivity index (χ0v) is 19.6. The molecule has 0 aliphatic carbocycles. The lowest BCUT2D eigenvalue weighted by molar-refractivity contribution is -0.172. The van der Waals surface area contributed by atoms with Gasteiger partial charge in [0.15, 0.2) is 17.4 Å². The average molecular weight is 516 g/mol. The summed E-state index contributed by atoms with van der Waals surface area (Å²) in [7, 11) is 3.97. The van der Waals surface area contributed by atoms with Crippen LogP contribution in [-0.4, -0.2) is 86.1 Å². The maximum atomic E-state index is 13.0. The molecule has 3 atom stereocenters. The van der Waals surface area contributed by atoms with E-state index in [0.717, 1.165) is 41.7 Å². The summed E-state index contributed by atoms with van der Waals surface area (Å²) in [5.41, 5.74) is 1.29. The van der Waals surface area contributed by atoms with Gasteiger partial charge in [-0.15, -0.1) is 4.65 Å². The molecular formula is C21H31IN3O4+. The maximum Gasteiger partial charge on any atom is 0.320 e. The fourth-order valence-electron chi connectivity index (χ4n) is 4.52. The first-order valence-electron chi connectivity index (χ1n) is 10.2. The first-order valence-corrected chi connectivity index (χ1v) is 11.3. The summed E-state index contributed by atoms with van der Waals surface area (Å²) in [5, 5.41) is 9.80. The zero-order chi connectivity index (χ0) is 21.2. The van der Waals surface area contributed by atoms with Crippen LogP contribution in [0, 0.1) is 9.49 Å². The number of Topliss-reactive ketones (excluding diaryl/α,β-unsaturated/α-hetero) is 1. The second kappa shape index (κ2) is 9.38. The number of likely N-dealkylation sites (N-methyl/N-ethyl adjacent to an activating group) is 2. The van der Waals surface area contributed by atoms with Crippen LogP contribution in [0.3, 0.4) is 0 Å². The number of fused-ring (bicyclic) bond motifs is 1. The van der Waals surface area contributed by atoms with Crippen LogP contribution in [0.2, 0.25) is 0 Å². The molecule has 1 unspecified atom stereocenters. The number of hydrogen-bond donors (Lipinski definition) is 1. The van der Waals surface area contributed by atoms with Gasteiger partial charge in [0.2, 0.25) is 0 Å². The number of carboxylic acids is 1. The number of carbonyl (C=O) groups is 2. The minimum Gasteiger partial charge on any atom is -0.481 e. The Labute approximate surface area is 186 Å². The van der Waals surface area contributed by atoms with Crippen LogP contribution < -0.4 is 4.65 Å². The van der Waals surface area contributed by atoms with Crippen molar-refractivity contribution in [3.8, 4) is 0 Å². The Balaban J connectivity index is 2.05. The molecule has 0 aromatic heterocycles. The predicted molar refractivity (Wildman–Crippen MR) is 121 cm³/mol. The van der Waals surface area contributed by atoms with E-state index in [2.05, 4.69) is 34.4 Å². The summed E-state index contributed by atoms with van der Waals surface area (Å²) in [6.07, 6.45) is 2.20. The van der Waals surface area contributed by atoms with Crippen LogP contribution in [0.15, 0.2) is 18.2 Å². The van der Waals surface area contributed by atoms with E-state index in [0.29, 0.717) is 24.8 Å². The first kappa shape index (κ1) is 22.6. The quantitative estimate of drug-likeness (QED) is 0.326. The van der Waals surface area contributed by atoms with Crippen molar-refractivity contribution in [2.24, 2.45) is 5.92 Å². The minimum absolute atomic E-state index is 0.101. The third-order valence-corrected chi connectivity index (χ3v) is 6.71. The van der Waals surface area contributed by atoms with Gasteiger partial charge in [0.25, 0.3) is 0 Å². The SMILES string of the molecule is CCN1CCC[C@H]1C[N@@+]1(OCCN(C)C)CC(C(=O)O)C(=O)c2cc(I)ccc21. The van der Waals surface area contributed by atoms with E-state index >= 15 is 0 Å². The van der Waals surface area contributed by atoms with Gasteiger partial charge in [-0.05, 0) is 74.8 Å². The van der Waals surface area contributed by atoms with E-state index in [1.165, 1.54) is 0 Å². The standard InChI is InChI=1S/C21H30IN3O4/c1-4-24-9-5-6-16(24)13-25(29-11-10-23(2)3)14-18(21(27)28)20(26)17-12-15(22)7-8-19(17)25/h7-8,12,16,18H,4-6,9-11,13-14H2,1-3H3/p+1/t16-,18?,25+/m0/s1. The number of rotatable bonds is 8. The highest BCUT2D eigenvalue weighted by molar-refractivity contribution is 14.1. The molecule has 2 aliphatic rings. The molecule has 1 saturated heterocycles. The first-order chi connectivity index (χ1) is 13.8. The molecule has 7 nitrogen and oxygen atoms in total. The molecule has 2 aliphatic heterocycles. The van der Waals surface area contributed by atoms with Crippen LogP contribution in [0.5, 0.6) is 0 Å². The fraction of sp³-hybridized carbons (Fsp3) is 0.619. The molecule has 0 amide bonds. The lowest BCUT2D eigenvalue weighted by atomic mass is 9.90. The molecule has 160 valence electrons. The highest BCUT2D eigenvalue weighted by Crippen LogP contribution is 2.39. The molecule has 0 radical (unpaired) electrons. The molecule has 0 bridgehead atoms. The number of likely N-dealkylation sites (tertiary alicyclic amines) is 1. The minimum atomic E-state index is -1.09. The monoisotopic (exact) mass is 516 g/mol. The largest absolute Gasteiger partial charge is 0.481 e. The van der Waals surface area contributed by atoms with Gasteiger partial charge in [0, 0.05) is 16.2 Å². The van der Waals surface area contributed by atoms with E-state index in [1.807, 2.05) is 37.2 Å². The van der Waals surface area contributed by atoms with Gasteiger partial charge >= 0.3 is 5.97 Å². The van der Waals surface area contributed by atoms with Gasteiger partial charge in [-0.2, -0.15) is 4.84 Å². The van der Waals surface area contributed by atoms with Crippen LogP contribution >= 0.6 is 22.6 Å². The van der Waals surface area contributed by atoms with Crippen molar-refractivity contribution in [2.75, 3.05) is 53.4 Å². The van der Waals surface area contributed by atoms with Crippen molar-refractivity contribution in [3.63, 3.8) is 0 Å². The second-order valence-electron chi connectivity index (χ2n) is 8.23. The number of ketones is 1. The topological polar surface area (TPSA) is 70.1 Å². The summed E-state index contributed by atoms with van der Waals surface area (Å²) in [6.45, 7) is 6.18. The van der Waals surface area contributed by atoms with E-state index < -0.39 is 11.9 Å². The van der Waals surface area contributed by atoms with E-state index in [4.69, 9.17) is 4.84 Å². The Hall–Kier alpha value is -1.07. The van der Waals surface area contributed by atoms with E-state index in [9.17, 15) is 14.7 Å². The molecule has 2 heterocycles. The third-order valence-electron chi connectivity index (χ3n) is 6.04. The molecule has 0 spiro atoms. The smallest absolute Gasteiger partial charge is 0.320 e. The number of aliphatic carboxylic acids is 1. The Morgan fingerprint density at radius 3 is 2.83 bits per heavy atom. The van der Waals surface area contributed by atoms with Gasteiger partial charge in [-0.25, -0.2) is 0 Å². The zero-order valence-electron chi connectivity index (χ0n) is 17.4. The third kappa shape index (κ3) is 4.82. The fourth-order valence-corrected chi connectivity index (χ4v) is 5.01. The number of hydroxylamine groups is 2. The van der Waals surface area contributed by atoms with Crippen molar-refractivity contribution in [2.45, 2.75) is 25.8 Å². The number of carbonyl (C=O) groups excluding carboxylic acids is 1. The average Bonchev–Trinajstić information content (AvgIpc) is 3.11. The van der Waals surface area contributed by atoms with Crippen molar-refractivity contribution in [3.05, 3.63) is 27.3 Å². The molecule has 0 saturated carbocycles. The van der Waals surface area contributed by atoms with Crippen molar-refractivity contribution in [1.82, 2.24) is 14.4 Å². The molecule has 1 aromatic rings. The van der Waals surface area contributed by atoms with Crippen LogP contribution in [-0.2, 0) is 9.63 Å². The van der Waals surface area contributed by atoms with Gasteiger partial charge < -0.3 is 10.0 Å². The highest BCUT2D eigenvalue weighted by Gasteiger charge is 2.51. The van der Waals surface area contributed by atoms with Crippen LogP contribution in [0.4, 0.5) is 5.69 Å². The lowest BCUT2D eigenvalue weighted by Crippen LogP contribution is -2.62. The van der Waals surface area contributed by atoms with E-state index in [-0.39, 0.29) is 17.0 Å². The summed E-state index contributed by atoms with van der Waals surface area (Å²) in [5.74, 6) is -2.47. The molecule has 1 N–H and O–H groups in total. The molecule has 1 fully saturated rings. The summed E-state index contributed by atoms with van der Waals surface area (Å²) in [4.78, 5) is 35.9. The Morgan fingerprint density at radius 1 is 1.41 bits per heavy atom. The molecule has 8 heteroatoms. The van der Waals surface area contributed by atoms with Crippen LogP contribution in [0.1, 0.15) is 30.1 Å². The maximum absolute atomic E-state index is 13.0. The van der Waals surface area contributed by atoms with Gasteiger partial charge in [0.05, 0.1) is 11.6 Å². The number of benzene rings is 1. The van der Waals surface area contributed by atoms with Crippen molar-refractivity contribution >= 4 is 40.0 Å². The van der Waals surface area contributed by atoms with Crippen molar-refractivity contribution in [1.29, 1.82) is 0 Å². The van der Waals surface area contributed by atoms with Gasteiger partial charge in [-0.3, -0.25) is 14.5 Å². The summed E-state index contributed by atoms with van der Waals surface area (Å²) >= 11 is 2.17. The summed E-state index contributed by atoms with van der Waals surface area (Å²) in [6, 6.07) is 6.05. The number of hydrogen-bond acceptors (Lipinski definition) is 5. The van der Waals surface area contributed by atoms with Crippen molar-refractivity contribution < 1.29 is 19.5 Å². The lowest BCUT2D eigenvalue weighted by Gasteiger charge is -2.43. The van der Waals surface area contributed by atoms with Crippen LogP contribution in [0.25, 0.3) is 0 Å². The number of nitrogens with zero attached hydrogens (tertiary/aromatic N) is 3. The Kier molecular flexibility index (Phi) is 7.32. The number of halogens is 1. The Bertz CT molecular complexity index is 772. The Morgan fingerprint density at radius 2 is 2.17 bits per heavy atom. The van der Waals surface area contributed by atoms with E-state index in [1.54, 1.807) is 0 Å². The predicted octanol–water partition coefficient (Wildman–Crippen LogP) is 2.47. The molecule has 29 heavy (non-hydrogen) atoms.